The molecule has 0 saturated carbocycles. The molecule has 1 aromatic heterocycles. The van der Waals surface area contributed by atoms with E-state index < -0.39 is 17.7 Å². The zero-order valence-corrected chi connectivity index (χ0v) is 12.8. The Bertz CT molecular complexity index is 800. The van der Waals surface area contributed by atoms with Gasteiger partial charge in [-0.3, -0.25) is 9.48 Å². The number of fused-ring (bicyclic) bond motifs is 1. The molecular formula is C16H16FN3O3. The SMILES string of the molecule is Cc1ccc(C(=O)N2Cc3cc(C(=O)O)nn3CC2C)c(F)c1. The van der Waals surface area contributed by atoms with Crippen LogP contribution in [0.3, 0.4) is 0 Å². The first-order valence-electron chi connectivity index (χ1n) is 7.24. The number of rotatable bonds is 2. The molecule has 120 valence electrons. The summed E-state index contributed by atoms with van der Waals surface area (Å²) in [6.07, 6.45) is 0. The summed E-state index contributed by atoms with van der Waals surface area (Å²) in [5, 5.41) is 13.0. The van der Waals surface area contributed by atoms with Crippen molar-refractivity contribution >= 4 is 11.9 Å². The predicted molar refractivity (Wildman–Crippen MR) is 79.7 cm³/mol. The van der Waals surface area contributed by atoms with E-state index in [2.05, 4.69) is 5.10 Å². The van der Waals surface area contributed by atoms with Gasteiger partial charge in [-0.25, -0.2) is 9.18 Å². The van der Waals surface area contributed by atoms with Gasteiger partial charge in [0.2, 0.25) is 0 Å². The predicted octanol–water partition coefficient (Wildman–Crippen LogP) is 2.07. The van der Waals surface area contributed by atoms with Crippen LogP contribution < -0.4 is 0 Å². The van der Waals surface area contributed by atoms with Crippen molar-refractivity contribution in [1.82, 2.24) is 14.7 Å². The first-order valence-corrected chi connectivity index (χ1v) is 7.24. The molecule has 0 radical (unpaired) electrons. The maximum atomic E-state index is 14.0. The molecule has 0 saturated heterocycles. The van der Waals surface area contributed by atoms with Crippen LogP contribution in [-0.2, 0) is 13.1 Å². The van der Waals surface area contributed by atoms with Gasteiger partial charge in [0, 0.05) is 6.04 Å². The highest BCUT2D eigenvalue weighted by molar-refractivity contribution is 5.94. The number of halogens is 1. The van der Waals surface area contributed by atoms with Crippen molar-refractivity contribution in [3.8, 4) is 0 Å². The average molecular weight is 317 g/mol. The zero-order valence-electron chi connectivity index (χ0n) is 12.8. The van der Waals surface area contributed by atoms with Crippen molar-refractivity contribution < 1.29 is 19.1 Å². The molecule has 23 heavy (non-hydrogen) atoms. The van der Waals surface area contributed by atoms with Crippen LogP contribution in [0.2, 0.25) is 0 Å². The fraction of sp³-hybridized carbons (Fsp3) is 0.312. The van der Waals surface area contributed by atoms with Crippen LogP contribution in [0.25, 0.3) is 0 Å². The van der Waals surface area contributed by atoms with Gasteiger partial charge in [-0.05, 0) is 37.6 Å². The van der Waals surface area contributed by atoms with Gasteiger partial charge < -0.3 is 10.0 Å². The lowest BCUT2D eigenvalue weighted by Crippen LogP contribution is -2.45. The molecule has 0 bridgehead atoms. The van der Waals surface area contributed by atoms with Gasteiger partial charge in [0.1, 0.15) is 5.82 Å². The molecule has 1 aliphatic heterocycles. The number of hydrogen-bond donors (Lipinski definition) is 1. The average Bonchev–Trinajstić information content (AvgIpc) is 2.88. The molecule has 0 spiro atoms. The highest BCUT2D eigenvalue weighted by atomic mass is 19.1. The first-order chi connectivity index (χ1) is 10.9. The van der Waals surface area contributed by atoms with E-state index in [1.165, 1.54) is 23.1 Å². The van der Waals surface area contributed by atoms with Gasteiger partial charge in [-0.2, -0.15) is 5.10 Å². The lowest BCUT2D eigenvalue weighted by molar-refractivity contribution is 0.0598. The molecule has 7 heteroatoms. The molecule has 0 fully saturated rings. The van der Waals surface area contributed by atoms with Crippen molar-refractivity contribution in [3.63, 3.8) is 0 Å². The van der Waals surface area contributed by atoms with Gasteiger partial charge in [-0.1, -0.05) is 6.07 Å². The number of carbonyl (C=O) groups excluding carboxylic acids is 1. The molecule has 0 aliphatic carbocycles. The van der Waals surface area contributed by atoms with E-state index >= 15 is 0 Å². The Labute approximate surface area is 132 Å². The van der Waals surface area contributed by atoms with Crippen molar-refractivity contribution in [1.29, 1.82) is 0 Å². The van der Waals surface area contributed by atoms with Crippen molar-refractivity contribution in [2.45, 2.75) is 33.0 Å². The maximum Gasteiger partial charge on any atom is 0.356 e. The molecule has 1 N–H and O–H groups in total. The molecule has 1 atom stereocenters. The van der Waals surface area contributed by atoms with E-state index in [1.54, 1.807) is 17.7 Å². The maximum absolute atomic E-state index is 14.0. The fourth-order valence-electron chi connectivity index (χ4n) is 2.74. The summed E-state index contributed by atoms with van der Waals surface area (Å²) in [7, 11) is 0. The second-order valence-corrected chi connectivity index (χ2v) is 5.77. The topological polar surface area (TPSA) is 75.4 Å². The summed E-state index contributed by atoms with van der Waals surface area (Å²) in [4.78, 5) is 25.2. The van der Waals surface area contributed by atoms with E-state index in [-0.39, 0.29) is 23.8 Å². The first kappa shape index (κ1) is 15.2. The third-order valence-corrected chi connectivity index (χ3v) is 4.00. The van der Waals surface area contributed by atoms with E-state index in [1.807, 2.05) is 6.92 Å². The number of aromatic carboxylic acids is 1. The lowest BCUT2D eigenvalue weighted by Gasteiger charge is -2.34. The summed E-state index contributed by atoms with van der Waals surface area (Å²) in [6.45, 7) is 4.16. The summed E-state index contributed by atoms with van der Waals surface area (Å²) in [5.41, 5.74) is 1.34. The van der Waals surface area contributed by atoms with Crippen LogP contribution in [0.15, 0.2) is 24.3 Å². The van der Waals surface area contributed by atoms with Crippen LogP contribution in [-0.4, -0.2) is 37.7 Å². The van der Waals surface area contributed by atoms with Crippen molar-refractivity contribution in [3.05, 3.63) is 52.6 Å². The molecule has 6 nitrogen and oxygen atoms in total. The van der Waals surface area contributed by atoms with Gasteiger partial charge in [0.05, 0.1) is 24.3 Å². The van der Waals surface area contributed by atoms with Gasteiger partial charge >= 0.3 is 5.97 Å². The summed E-state index contributed by atoms with van der Waals surface area (Å²) < 4.78 is 15.6. The summed E-state index contributed by atoms with van der Waals surface area (Å²) >= 11 is 0. The molecule has 1 aliphatic rings. The number of carbonyl (C=O) groups is 2. The molecule has 3 rings (SSSR count). The molecular weight excluding hydrogens is 301 g/mol. The monoisotopic (exact) mass is 317 g/mol. The van der Waals surface area contributed by atoms with Crippen LogP contribution >= 0.6 is 0 Å². The Morgan fingerprint density at radius 3 is 2.74 bits per heavy atom. The van der Waals surface area contributed by atoms with Crippen molar-refractivity contribution in [2.24, 2.45) is 0 Å². The normalized spacial score (nSPS) is 17.0. The van der Waals surface area contributed by atoms with E-state index in [4.69, 9.17) is 5.11 Å². The lowest BCUT2D eigenvalue weighted by atomic mass is 10.1. The smallest absolute Gasteiger partial charge is 0.356 e. The number of aromatic nitrogens is 2. The Kier molecular flexibility index (Phi) is 3.63. The molecule has 2 heterocycles. The number of nitrogens with zero attached hydrogens (tertiary/aromatic N) is 3. The number of carboxylic acids is 1. The molecule has 1 amide bonds. The number of carboxylic acid groups (broad SMARTS) is 1. The highest BCUT2D eigenvalue weighted by Gasteiger charge is 2.30. The van der Waals surface area contributed by atoms with E-state index in [0.29, 0.717) is 12.2 Å². The molecule has 1 unspecified atom stereocenters. The van der Waals surface area contributed by atoms with Crippen molar-refractivity contribution in [2.75, 3.05) is 0 Å². The van der Waals surface area contributed by atoms with Crippen LogP contribution in [0, 0.1) is 12.7 Å². The standard InChI is InChI=1S/C16H16FN3O3/c1-9-3-4-12(13(17)5-9)15(21)19-8-11-6-14(16(22)23)18-20(11)7-10(19)2/h3-6,10H,7-8H2,1-2H3,(H,22,23). The number of hydrogen-bond acceptors (Lipinski definition) is 3. The van der Waals surface area contributed by atoms with Gasteiger partial charge in [0.25, 0.3) is 5.91 Å². The Hall–Kier alpha value is -2.70. The third-order valence-electron chi connectivity index (χ3n) is 4.00. The Balaban J connectivity index is 1.91. The largest absolute Gasteiger partial charge is 0.476 e. The highest BCUT2D eigenvalue weighted by Crippen LogP contribution is 2.22. The van der Waals surface area contributed by atoms with Crippen LogP contribution in [0.5, 0.6) is 0 Å². The fourth-order valence-corrected chi connectivity index (χ4v) is 2.74. The number of aryl methyl sites for hydroxylation is 1. The minimum atomic E-state index is -1.11. The summed E-state index contributed by atoms with van der Waals surface area (Å²) in [6, 6.07) is 5.73. The summed E-state index contributed by atoms with van der Waals surface area (Å²) in [5.74, 6) is -2.06. The second-order valence-electron chi connectivity index (χ2n) is 5.77. The minimum absolute atomic E-state index is 0.0221. The van der Waals surface area contributed by atoms with Crippen LogP contribution in [0.1, 0.15) is 39.0 Å². The number of amides is 1. The van der Waals surface area contributed by atoms with Gasteiger partial charge in [0.15, 0.2) is 5.69 Å². The number of benzene rings is 1. The van der Waals surface area contributed by atoms with E-state index in [0.717, 1.165) is 5.56 Å². The third kappa shape index (κ3) is 2.69. The second kappa shape index (κ2) is 5.49. The minimum Gasteiger partial charge on any atom is -0.476 e. The zero-order chi connectivity index (χ0) is 16.7. The quantitative estimate of drug-likeness (QED) is 0.920. The Morgan fingerprint density at radius 2 is 2.09 bits per heavy atom. The van der Waals surface area contributed by atoms with E-state index in [9.17, 15) is 14.0 Å². The molecule has 1 aromatic carbocycles. The van der Waals surface area contributed by atoms with Crippen LogP contribution in [0.4, 0.5) is 4.39 Å². The van der Waals surface area contributed by atoms with Gasteiger partial charge in [-0.15, -0.1) is 0 Å². The molecule has 2 aromatic rings. The Morgan fingerprint density at radius 1 is 1.35 bits per heavy atom.